The molecule has 0 aromatic carbocycles. The summed E-state index contributed by atoms with van der Waals surface area (Å²) >= 11 is 0. The van der Waals surface area contributed by atoms with Crippen LogP contribution in [0.5, 0.6) is 0 Å². The number of nitrogens with zero attached hydrogens (tertiary/aromatic N) is 3. The van der Waals surface area contributed by atoms with E-state index in [9.17, 15) is 5.11 Å². The molecule has 0 bridgehead atoms. The maximum Gasteiger partial charge on any atom is 0.222 e. The third-order valence-electron chi connectivity index (χ3n) is 5.24. The van der Waals surface area contributed by atoms with Gasteiger partial charge in [0.05, 0.1) is 11.8 Å². The molecule has 23 heavy (non-hydrogen) atoms. The van der Waals surface area contributed by atoms with Gasteiger partial charge in [0.1, 0.15) is 5.82 Å². The van der Waals surface area contributed by atoms with Crippen LogP contribution in [0.4, 0.5) is 11.8 Å². The van der Waals surface area contributed by atoms with Gasteiger partial charge < -0.3 is 21.1 Å². The van der Waals surface area contributed by atoms with Gasteiger partial charge in [-0.05, 0) is 45.7 Å². The number of aliphatic hydroxyl groups is 1. The predicted octanol–water partition coefficient (Wildman–Crippen LogP) is 1.97. The second kappa shape index (κ2) is 7.45. The highest BCUT2D eigenvalue weighted by atomic mass is 16.3. The number of aromatic nitrogens is 2. The lowest BCUT2D eigenvalue weighted by Crippen LogP contribution is -2.31. The molecule has 0 aliphatic heterocycles. The van der Waals surface area contributed by atoms with E-state index >= 15 is 0 Å². The van der Waals surface area contributed by atoms with E-state index in [1.807, 2.05) is 6.07 Å². The fourth-order valence-corrected chi connectivity index (χ4v) is 3.69. The van der Waals surface area contributed by atoms with E-state index in [-0.39, 0.29) is 6.10 Å². The lowest BCUT2D eigenvalue weighted by molar-refractivity contribution is 0.0732. The first-order chi connectivity index (χ1) is 11.1. The number of nitrogen functional groups attached to an aromatic ring is 1. The first-order valence-electron chi connectivity index (χ1n) is 8.88. The normalized spacial score (nSPS) is 24.8. The summed E-state index contributed by atoms with van der Waals surface area (Å²) in [7, 11) is 2.23. The Morgan fingerprint density at radius 1 is 1.30 bits per heavy atom. The van der Waals surface area contributed by atoms with Gasteiger partial charge >= 0.3 is 0 Å². The largest absolute Gasteiger partial charge is 0.393 e. The third kappa shape index (κ3) is 4.32. The van der Waals surface area contributed by atoms with Crippen LogP contribution in [0, 0.1) is 0 Å². The molecule has 1 aromatic heterocycles. The van der Waals surface area contributed by atoms with Crippen LogP contribution in [-0.2, 0) is 0 Å². The topological polar surface area (TPSA) is 87.3 Å². The van der Waals surface area contributed by atoms with Crippen molar-refractivity contribution in [2.45, 2.75) is 63.0 Å². The molecular formula is C17H29N5O. The summed E-state index contributed by atoms with van der Waals surface area (Å²) in [4.78, 5) is 11.1. The Morgan fingerprint density at radius 3 is 2.74 bits per heavy atom. The minimum atomic E-state index is -0.182. The molecule has 6 nitrogen and oxygen atoms in total. The molecule has 2 fully saturated rings. The molecule has 2 aliphatic carbocycles. The monoisotopic (exact) mass is 319 g/mol. The first kappa shape index (κ1) is 16.5. The van der Waals surface area contributed by atoms with E-state index in [4.69, 9.17) is 5.73 Å². The summed E-state index contributed by atoms with van der Waals surface area (Å²) in [5.41, 5.74) is 6.77. The second-order valence-electron chi connectivity index (χ2n) is 7.06. The van der Waals surface area contributed by atoms with Gasteiger partial charge in [0, 0.05) is 24.6 Å². The minimum Gasteiger partial charge on any atom is -0.393 e. The zero-order valence-electron chi connectivity index (χ0n) is 14.0. The molecule has 0 amide bonds. The molecule has 0 radical (unpaired) electrons. The van der Waals surface area contributed by atoms with Gasteiger partial charge in [0.25, 0.3) is 0 Å². The molecule has 0 atom stereocenters. The molecule has 6 heteroatoms. The summed E-state index contributed by atoms with van der Waals surface area (Å²) in [5.74, 6) is 1.44. The average molecular weight is 319 g/mol. The maximum atomic E-state index is 9.44. The molecule has 4 N–H and O–H groups in total. The molecule has 0 saturated heterocycles. The Labute approximate surface area is 138 Å². The molecule has 1 heterocycles. The maximum absolute atomic E-state index is 9.44. The Bertz CT molecular complexity index is 512. The molecule has 0 spiro atoms. The smallest absolute Gasteiger partial charge is 0.222 e. The minimum absolute atomic E-state index is 0.182. The van der Waals surface area contributed by atoms with E-state index in [0.717, 1.165) is 49.9 Å². The SMILES string of the molecule is CN(CCCNc1cc(C2CC(O)C2)nc(N)n1)C1CCCC1. The van der Waals surface area contributed by atoms with Crippen molar-refractivity contribution < 1.29 is 5.11 Å². The van der Waals surface area contributed by atoms with Crippen molar-refractivity contribution in [2.24, 2.45) is 0 Å². The van der Waals surface area contributed by atoms with Crippen LogP contribution in [0.25, 0.3) is 0 Å². The van der Waals surface area contributed by atoms with E-state index in [2.05, 4.69) is 27.2 Å². The van der Waals surface area contributed by atoms with Crippen LogP contribution in [0.3, 0.4) is 0 Å². The van der Waals surface area contributed by atoms with Gasteiger partial charge in [-0.15, -0.1) is 0 Å². The second-order valence-corrected chi connectivity index (χ2v) is 7.06. The molecule has 3 rings (SSSR count). The number of nitrogens with one attached hydrogen (secondary N) is 1. The number of hydrogen-bond donors (Lipinski definition) is 3. The van der Waals surface area contributed by atoms with Crippen molar-refractivity contribution in [3.8, 4) is 0 Å². The number of aliphatic hydroxyl groups excluding tert-OH is 1. The Morgan fingerprint density at radius 2 is 2.04 bits per heavy atom. The molecule has 1 aromatic rings. The van der Waals surface area contributed by atoms with Crippen LogP contribution in [0.2, 0.25) is 0 Å². The van der Waals surface area contributed by atoms with Gasteiger partial charge in [0.2, 0.25) is 5.95 Å². The zero-order chi connectivity index (χ0) is 16.2. The summed E-state index contributed by atoms with van der Waals surface area (Å²) in [6.07, 6.45) is 7.93. The van der Waals surface area contributed by atoms with E-state index < -0.39 is 0 Å². The van der Waals surface area contributed by atoms with Gasteiger partial charge in [-0.2, -0.15) is 4.98 Å². The zero-order valence-corrected chi connectivity index (χ0v) is 14.0. The first-order valence-corrected chi connectivity index (χ1v) is 8.88. The fourth-order valence-electron chi connectivity index (χ4n) is 3.69. The van der Waals surface area contributed by atoms with E-state index in [1.165, 1.54) is 25.7 Å². The molecule has 0 unspecified atom stereocenters. The number of nitrogens with two attached hydrogens (primary N) is 1. The third-order valence-corrected chi connectivity index (χ3v) is 5.24. The van der Waals surface area contributed by atoms with Crippen molar-refractivity contribution in [3.63, 3.8) is 0 Å². The lowest BCUT2D eigenvalue weighted by Gasteiger charge is -2.31. The quantitative estimate of drug-likeness (QED) is 0.666. The average Bonchev–Trinajstić information content (AvgIpc) is 3.02. The lowest BCUT2D eigenvalue weighted by atomic mass is 9.80. The van der Waals surface area contributed by atoms with Crippen LogP contribution in [0.15, 0.2) is 6.07 Å². The Kier molecular flexibility index (Phi) is 5.33. The van der Waals surface area contributed by atoms with Crippen molar-refractivity contribution in [1.29, 1.82) is 0 Å². The van der Waals surface area contributed by atoms with Crippen molar-refractivity contribution in [1.82, 2.24) is 14.9 Å². The molecule has 128 valence electrons. The standard InChI is InChI=1S/C17H29N5O/c1-22(13-5-2-3-6-13)8-4-7-19-16-11-15(20-17(18)21-16)12-9-14(23)10-12/h11-14,23H,2-10H2,1H3,(H3,18,19,20,21). The Hall–Kier alpha value is -1.40. The van der Waals surface area contributed by atoms with E-state index in [1.54, 1.807) is 0 Å². The van der Waals surface area contributed by atoms with Gasteiger partial charge in [-0.3, -0.25) is 0 Å². The number of rotatable bonds is 7. The molecular weight excluding hydrogens is 290 g/mol. The van der Waals surface area contributed by atoms with Crippen LogP contribution >= 0.6 is 0 Å². The predicted molar refractivity (Wildman–Crippen MR) is 92.4 cm³/mol. The van der Waals surface area contributed by atoms with Gasteiger partial charge in [0.15, 0.2) is 0 Å². The molecule has 2 aliphatic rings. The van der Waals surface area contributed by atoms with Crippen molar-refractivity contribution in [2.75, 3.05) is 31.2 Å². The van der Waals surface area contributed by atoms with Crippen molar-refractivity contribution in [3.05, 3.63) is 11.8 Å². The highest BCUT2D eigenvalue weighted by Gasteiger charge is 2.30. The van der Waals surface area contributed by atoms with Crippen LogP contribution < -0.4 is 11.1 Å². The van der Waals surface area contributed by atoms with Crippen LogP contribution in [-0.4, -0.2) is 52.3 Å². The summed E-state index contributed by atoms with van der Waals surface area (Å²) in [6, 6.07) is 2.76. The fraction of sp³-hybridized carbons (Fsp3) is 0.765. The highest BCUT2D eigenvalue weighted by Crippen LogP contribution is 2.36. The highest BCUT2D eigenvalue weighted by molar-refractivity contribution is 5.41. The summed E-state index contributed by atoms with van der Waals surface area (Å²) < 4.78 is 0. The number of anilines is 2. The number of hydrogen-bond acceptors (Lipinski definition) is 6. The Balaban J connectivity index is 1.44. The summed E-state index contributed by atoms with van der Waals surface area (Å²) in [5, 5.41) is 12.8. The van der Waals surface area contributed by atoms with Crippen LogP contribution in [0.1, 0.15) is 56.6 Å². The van der Waals surface area contributed by atoms with Gasteiger partial charge in [-0.25, -0.2) is 4.98 Å². The summed E-state index contributed by atoms with van der Waals surface area (Å²) in [6.45, 7) is 2.00. The molecule has 2 saturated carbocycles. The van der Waals surface area contributed by atoms with Crippen molar-refractivity contribution >= 4 is 11.8 Å². The van der Waals surface area contributed by atoms with E-state index in [0.29, 0.717) is 11.9 Å². The van der Waals surface area contributed by atoms with Gasteiger partial charge in [-0.1, -0.05) is 12.8 Å².